The van der Waals surface area contributed by atoms with Crippen LogP contribution in [-0.2, 0) is 29.2 Å². The van der Waals surface area contributed by atoms with E-state index in [1.165, 1.54) is 0 Å². The molecule has 2 saturated carbocycles. The van der Waals surface area contributed by atoms with Crippen molar-refractivity contribution in [1.82, 2.24) is 0 Å². The zero-order valence-electron chi connectivity index (χ0n) is 13.6. The number of carbonyl (C=O) groups excluding carboxylic acids is 2. The lowest BCUT2D eigenvalue weighted by Crippen LogP contribution is -2.65. The number of esters is 2. The molecule has 1 spiro atoms. The molecule has 142 valence electrons. The Labute approximate surface area is 141 Å². The first-order chi connectivity index (χ1) is 11.1. The molecule has 1 heterocycles. The van der Waals surface area contributed by atoms with E-state index in [0.717, 1.165) is 0 Å². The van der Waals surface area contributed by atoms with Crippen molar-refractivity contribution in [3.8, 4) is 0 Å². The summed E-state index contributed by atoms with van der Waals surface area (Å²) in [5.41, 5.74) is -3.93. The lowest BCUT2D eigenvalue weighted by atomic mass is 9.73. The smallest absolute Gasteiger partial charge is 0.403 e. The molecule has 1 N–H and O–H groups in total. The first kappa shape index (κ1) is 18.4. The molecule has 7 nitrogen and oxygen atoms in total. The van der Waals surface area contributed by atoms with Crippen LogP contribution in [0.2, 0.25) is 0 Å². The largest absolute Gasteiger partial charge is 0.459 e. The summed E-state index contributed by atoms with van der Waals surface area (Å²) >= 11 is 0. The summed E-state index contributed by atoms with van der Waals surface area (Å²) in [5, 5.41) is -5.12. The van der Waals surface area contributed by atoms with Crippen molar-refractivity contribution >= 4 is 22.1 Å². The van der Waals surface area contributed by atoms with Gasteiger partial charge in [-0.05, 0) is 17.3 Å². The second kappa shape index (κ2) is 4.48. The lowest BCUT2D eigenvalue weighted by Gasteiger charge is -2.46. The van der Waals surface area contributed by atoms with E-state index in [-0.39, 0.29) is 6.42 Å². The van der Waals surface area contributed by atoms with Gasteiger partial charge in [0.1, 0.15) is 12.0 Å². The van der Waals surface area contributed by atoms with E-state index in [2.05, 4.69) is 4.74 Å². The first-order valence-corrected chi connectivity index (χ1v) is 8.97. The van der Waals surface area contributed by atoms with Crippen molar-refractivity contribution in [2.45, 2.75) is 50.6 Å². The van der Waals surface area contributed by atoms with E-state index in [1.54, 1.807) is 13.8 Å². The average Bonchev–Trinajstić information content (AvgIpc) is 2.76. The molecule has 0 amide bonds. The van der Waals surface area contributed by atoms with Crippen LogP contribution in [0.5, 0.6) is 0 Å². The van der Waals surface area contributed by atoms with Crippen LogP contribution in [0, 0.1) is 16.2 Å². The van der Waals surface area contributed by atoms with Crippen LogP contribution < -0.4 is 0 Å². The van der Waals surface area contributed by atoms with Gasteiger partial charge in [-0.3, -0.25) is 9.35 Å². The van der Waals surface area contributed by atoms with E-state index in [0.29, 0.717) is 6.42 Å². The molecule has 11 heteroatoms. The van der Waals surface area contributed by atoms with Gasteiger partial charge in [0.25, 0.3) is 0 Å². The minimum absolute atomic E-state index is 0.114. The molecule has 3 rings (SSSR count). The topological polar surface area (TPSA) is 107 Å². The maximum atomic E-state index is 13.5. The summed E-state index contributed by atoms with van der Waals surface area (Å²) in [7, 11) is -6.01. The lowest BCUT2D eigenvalue weighted by molar-refractivity contribution is -0.235. The second-order valence-electron chi connectivity index (χ2n) is 7.53. The van der Waals surface area contributed by atoms with Crippen LogP contribution in [0.25, 0.3) is 0 Å². The SMILES string of the molecule is CC1(C)C2(C)CCC3(C(=O)OCC(F)C(F)(F)S(=O)(=O)O)OC(=O)C312. The summed E-state index contributed by atoms with van der Waals surface area (Å²) < 4.78 is 78.8. The standard InChI is InChI=1S/C14H17F3O7S/c1-10(2)11(3)4-5-12(13(10,11)9(19)24-12)8(18)23-6-7(15)14(16,17)25(20,21)22/h7H,4-6H2,1-3H3,(H,20,21,22). The quantitative estimate of drug-likeness (QED) is 0.563. The first-order valence-electron chi connectivity index (χ1n) is 7.53. The molecule has 4 atom stereocenters. The molecule has 0 aromatic rings. The zero-order chi connectivity index (χ0) is 19.3. The van der Waals surface area contributed by atoms with Crippen LogP contribution in [-0.4, -0.2) is 48.5 Å². The highest BCUT2D eigenvalue weighted by Crippen LogP contribution is 2.92. The highest BCUT2D eigenvalue weighted by molar-refractivity contribution is 7.86. The highest BCUT2D eigenvalue weighted by atomic mass is 32.2. The van der Waals surface area contributed by atoms with Gasteiger partial charge >= 0.3 is 27.3 Å². The Hall–Kier alpha value is -1.36. The molecule has 3 fully saturated rings. The predicted molar refractivity (Wildman–Crippen MR) is 74.7 cm³/mol. The third-order valence-electron chi connectivity index (χ3n) is 6.64. The predicted octanol–water partition coefficient (Wildman–Crippen LogP) is 1.47. The van der Waals surface area contributed by atoms with E-state index in [9.17, 15) is 31.2 Å². The van der Waals surface area contributed by atoms with Gasteiger partial charge in [-0.1, -0.05) is 20.8 Å². The fourth-order valence-electron chi connectivity index (χ4n) is 5.03. The van der Waals surface area contributed by atoms with Gasteiger partial charge in [-0.15, -0.1) is 0 Å². The van der Waals surface area contributed by atoms with Gasteiger partial charge < -0.3 is 9.47 Å². The van der Waals surface area contributed by atoms with Gasteiger partial charge in [0, 0.05) is 6.42 Å². The minimum Gasteiger partial charge on any atom is -0.459 e. The molecule has 0 radical (unpaired) electrons. The van der Waals surface area contributed by atoms with E-state index >= 15 is 0 Å². The van der Waals surface area contributed by atoms with Crippen LogP contribution >= 0.6 is 0 Å². The Morgan fingerprint density at radius 3 is 2.36 bits per heavy atom. The third kappa shape index (κ3) is 1.64. The number of alkyl halides is 3. The Balaban J connectivity index is 1.77. The molecule has 1 saturated heterocycles. The number of halogens is 3. The fraction of sp³-hybridized carbons (Fsp3) is 0.857. The summed E-state index contributed by atoms with van der Waals surface area (Å²) in [6.45, 7) is 3.77. The van der Waals surface area contributed by atoms with Crippen molar-refractivity contribution in [3.63, 3.8) is 0 Å². The molecule has 0 bridgehead atoms. The monoisotopic (exact) mass is 386 g/mol. The van der Waals surface area contributed by atoms with Crippen molar-refractivity contribution < 1.29 is 45.2 Å². The maximum absolute atomic E-state index is 13.5. The molecular weight excluding hydrogens is 369 g/mol. The summed E-state index contributed by atoms with van der Waals surface area (Å²) in [4.78, 5) is 24.5. The Kier molecular flexibility index (Phi) is 3.30. The maximum Gasteiger partial charge on any atom is 0.403 e. The van der Waals surface area contributed by atoms with Crippen molar-refractivity contribution in [3.05, 3.63) is 0 Å². The highest BCUT2D eigenvalue weighted by Gasteiger charge is 3.01. The number of hydrogen-bond acceptors (Lipinski definition) is 6. The van der Waals surface area contributed by atoms with Crippen LogP contribution in [0.3, 0.4) is 0 Å². The summed E-state index contributed by atoms with van der Waals surface area (Å²) in [6, 6.07) is 0. The second-order valence-corrected chi connectivity index (χ2v) is 9.02. The van der Waals surface area contributed by atoms with Gasteiger partial charge in [-0.2, -0.15) is 17.2 Å². The Morgan fingerprint density at radius 1 is 1.36 bits per heavy atom. The van der Waals surface area contributed by atoms with Crippen LogP contribution in [0.4, 0.5) is 13.2 Å². The summed E-state index contributed by atoms with van der Waals surface area (Å²) in [5.74, 6) is -1.77. The zero-order valence-corrected chi connectivity index (χ0v) is 14.5. The van der Waals surface area contributed by atoms with Crippen LogP contribution in [0.15, 0.2) is 0 Å². The normalized spacial score (nSPS) is 39.6. The number of hydrogen-bond donors (Lipinski definition) is 1. The van der Waals surface area contributed by atoms with E-state index < -0.39 is 61.9 Å². The van der Waals surface area contributed by atoms with Gasteiger partial charge in [0.05, 0.1) is 0 Å². The molecule has 2 aliphatic carbocycles. The number of ether oxygens (including phenoxy) is 2. The van der Waals surface area contributed by atoms with Gasteiger partial charge in [-0.25, -0.2) is 9.18 Å². The Morgan fingerprint density at radius 2 is 1.92 bits per heavy atom. The molecule has 3 aliphatic rings. The average molecular weight is 386 g/mol. The van der Waals surface area contributed by atoms with Crippen molar-refractivity contribution in [1.29, 1.82) is 0 Å². The van der Waals surface area contributed by atoms with Crippen molar-refractivity contribution in [2.24, 2.45) is 16.2 Å². The summed E-state index contributed by atoms with van der Waals surface area (Å²) in [6.07, 6.45) is -2.89. The van der Waals surface area contributed by atoms with Crippen molar-refractivity contribution in [2.75, 3.05) is 6.61 Å². The van der Waals surface area contributed by atoms with Gasteiger partial charge in [0.15, 0.2) is 0 Å². The third-order valence-corrected chi connectivity index (χ3v) is 7.58. The molecule has 0 aromatic heterocycles. The fourth-order valence-corrected chi connectivity index (χ4v) is 5.42. The van der Waals surface area contributed by atoms with E-state index in [4.69, 9.17) is 9.29 Å². The van der Waals surface area contributed by atoms with Gasteiger partial charge in [0.2, 0.25) is 11.8 Å². The minimum atomic E-state index is -6.01. The molecular formula is C14H17F3O7S. The van der Waals surface area contributed by atoms with Crippen LogP contribution in [0.1, 0.15) is 33.6 Å². The Bertz CT molecular complexity index is 779. The van der Waals surface area contributed by atoms with E-state index in [1.807, 2.05) is 6.92 Å². The molecule has 25 heavy (non-hydrogen) atoms. The number of rotatable bonds is 5. The molecule has 0 aromatic carbocycles. The number of carbonyl (C=O) groups is 2. The molecule has 4 unspecified atom stereocenters. The molecule has 1 aliphatic heterocycles.